The zero-order valence-electron chi connectivity index (χ0n) is 30.3. The predicted molar refractivity (Wildman–Crippen MR) is 229 cm³/mol. The minimum absolute atomic E-state index is 0.759. The summed E-state index contributed by atoms with van der Waals surface area (Å²) in [6, 6.07) is 54.8. The van der Waals surface area contributed by atoms with Gasteiger partial charge in [-0.1, -0.05) is 72.8 Å². The van der Waals surface area contributed by atoms with Crippen LogP contribution in [0.5, 0.6) is 0 Å². The summed E-state index contributed by atoms with van der Waals surface area (Å²) in [6.07, 6.45) is 5.45. The van der Waals surface area contributed by atoms with Gasteiger partial charge in [0.15, 0.2) is 16.7 Å². The molecule has 0 radical (unpaired) electrons. The van der Waals surface area contributed by atoms with E-state index >= 15 is 0 Å². The number of pyridine rings is 3. The normalized spacial score (nSPS) is 11.9. The zero-order chi connectivity index (χ0) is 37.5. The second-order valence-corrected chi connectivity index (χ2v) is 14.4. The molecule has 0 aliphatic heterocycles. The molecule has 0 atom stereocenters. The Balaban J connectivity index is 0.881. The van der Waals surface area contributed by atoms with E-state index in [4.69, 9.17) is 18.2 Å². The Hall–Kier alpha value is -7.83. The third-order valence-corrected chi connectivity index (χ3v) is 11.0. The molecule has 0 N–H and O–H groups in total. The van der Waals surface area contributed by atoms with E-state index in [1.165, 1.54) is 0 Å². The van der Waals surface area contributed by atoms with Gasteiger partial charge in [0, 0.05) is 39.5 Å². The van der Waals surface area contributed by atoms with Gasteiger partial charge >= 0.3 is 0 Å². The van der Waals surface area contributed by atoms with E-state index in [9.17, 15) is 0 Å². The topological polar surface area (TPSA) is 78.1 Å². The van der Waals surface area contributed by atoms with Crippen LogP contribution in [0.15, 0.2) is 190 Å². The molecule has 0 fully saturated rings. The van der Waals surface area contributed by atoms with Gasteiger partial charge in [0.25, 0.3) is 0 Å². The maximum atomic E-state index is 6.30. The number of fused-ring (bicyclic) bond motifs is 9. The van der Waals surface area contributed by atoms with E-state index in [2.05, 4.69) is 131 Å². The third kappa shape index (κ3) is 5.23. The Kier molecular flexibility index (Phi) is 6.83. The van der Waals surface area contributed by atoms with Gasteiger partial charge in [-0.15, -0.1) is 0 Å². The summed E-state index contributed by atoms with van der Waals surface area (Å²) in [5, 5.41) is 4.10. The van der Waals surface area contributed by atoms with Crippen molar-refractivity contribution in [3.8, 4) is 55.8 Å². The molecule has 0 saturated carbocycles. The van der Waals surface area contributed by atoms with Crippen LogP contribution in [-0.4, -0.2) is 15.0 Å². The van der Waals surface area contributed by atoms with Crippen LogP contribution >= 0.6 is 0 Å². The second kappa shape index (κ2) is 12.3. The Labute approximate surface area is 325 Å². The molecule has 0 saturated heterocycles. The Morgan fingerprint density at radius 1 is 0.281 bits per heavy atom. The maximum Gasteiger partial charge on any atom is 0.153 e. The lowest BCUT2D eigenvalue weighted by atomic mass is 9.95. The summed E-state index contributed by atoms with van der Waals surface area (Å²) in [4.78, 5) is 14.0. The van der Waals surface area contributed by atoms with Crippen molar-refractivity contribution in [2.24, 2.45) is 0 Å². The van der Waals surface area contributed by atoms with Crippen molar-refractivity contribution in [1.82, 2.24) is 15.0 Å². The van der Waals surface area contributed by atoms with Crippen LogP contribution in [0.2, 0.25) is 0 Å². The minimum Gasteiger partial charge on any atom is -0.454 e. The molecule has 0 unspecified atom stereocenters. The lowest BCUT2D eigenvalue weighted by Gasteiger charge is -2.09. The van der Waals surface area contributed by atoms with Crippen LogP contribution in [0.25, 0.3) is 122 Å². The Morgan fingerprint density at radius 3 is 1.21 bits per heavy atom. The molecule has 0 aliphatic rings. The van der Waals surface area contributed by atoms with Crippen molar-refractivity contribution in [3.05, 3.63) is 176 Å². The number of nitrogens with zero attached hydrogens (tertiary/aromatic N) is 3. The fraction of sp³-hybridized carbons (Fsp3) is 0. The molecule has 6 heteroatoms. The largest absolute Gasteiger partial charge is 0.454 e. The first kappa shape index (κ1) is 31.5. The van der Waals surface area contributed by atoms with Crippen molar-refractivity contribution >= 4 is 66.1 Å². The van der Waals surface area contributed by atoms with Gasteiger partial charge in [0.1, 0.15) is 27.8 Å². The molecule has 0 bridgehead atoms. The van der Waals surface area contributed by atoms with Crippen molar-refractivity contribution in [3.63, 3.8) is 0 Å². The fourth-order valence-corrected chi connectivity index (χ4v) is 8.19. The van der Waals surface area contributed by atoms with E-state index in [0.717, 1.165) is 122 Å². The summed E-state index contributed by atoms with van der Waals surface area (Å²) in [6.45, 7) is 0. The average molecular weight is 732 g/mol. The molecule has 6 heterocycles. The zero-order valence-corrected chi connectivity index (χ0v) is 30.3. The van der Waals surface area contributed by atoms with Gasteiger partial charge in [-0.05, 0) is 129 Å². The quantitative estimate of drug-likeness (QED) is 0.175. The van der Waals surface area contributed by atoms with Gasteiger partial charge in [0.2, 0.25) is 0 Å². The van der Waals surface area contributed by atoms with Crippen LogP contribution in [0, 0.1) is 0 Å². The standard InChI is InChI=1S/C51H29N3O3/c1-6-30(31-7-2-9-33(23-31)36-15-18-45-41(26-36)50-47(55-45)12-4-20-52-50)22-32(8-1)35-14-17-44-39(25-35)40-28-43(54-29-49(40)57-44)38-11-3-10-34(24-38)37-16-19-46-42(27-37)51-48(56-46)13-5-21-53-51/h1-29H. The number of benzene rings is 6. The van der Waals surface area contributed by atoms with E-state index in [1.54, 1.807) is 6.20 Å². The van der Waals surface area contributed by atoms with E-state index in [0.29, 0.717) is 0 Å². The molecule has 0 spiro atoms. The predicted octanol–water partition coefficient (Wildman–Crippen LogP) is 13.9. The van der Waals surface area contributed by atoms with E-state index in [1.807, 2.05) is 48.8 Å². The Bertz CT molecular complexity index is 3550. The molecular weight excluding hydrogens is 703 g/mol. The summed E-state index contributed by atoms with van der Waals surface area (Å²) >= 11 is 0. The first-order chi connectivity index (χ1) is 28.2. The number of rotatable bonds is 5. The molecular formula is C51H29N3O3. The van der Waals surface area contributed by atoms with Crippen molar-refractivity contribution < 1.29 is 13.3 Å². The lowest BCUT2D eigenvalue weighted by Crippen LogP contribution is -1.85. The molecule has 12 aromatic rings. The fourth-order valence-electron chi connectivity index (χ4n) is 8.19. The summed E-state index contributed by atoms with van der Waals surface area (Å²) < 4.78 is 18.3. The monoisotopic (exact) mass is 731 g/mol. The summed E-state index contributed by atoms with van der Waals surface area (Å²) in [7, 11) is 0. The number of furan rings is 3. The molecule has 0 amide bonds. The van der Waals surface area contributed by atoms with Crippen molar-refractivity contribution in [2.45, 2.75) is 0 Å². The van der Waals surface area contributed by atoms with E-state index in [-0.39, 0.29) is 0 Å². The first-order valence-corrected chi connectivity index (χ1v) is 18.9. The number of hydrogen-bond donors (Lipinski definition) is 0. The third-order valence-electron chi connectivity index (χ3n) is 11.0. The maximum absolute atomic E-state index is 6.30. The van der Waals surface area contributed by atoms with Gasteiger partial charge in [-0.25, -0.2) is 0 Å². The molecule has 12 rings (SSSR count). The minimum atomic E-state index is 0.759. The van der Waals surface area contributed by atoms with Crippen molar-refractivity contribution in [1.29, 1.82) is 0 Å². The number of hydrogen-bond acceptors (Lipinski definition) is 6. The highest BCUT2D eigenvalue weighted by Gasteiger charge is 2.15. The van der Waals surface area contributed by atoms with Gasteiger partial charge in [0.05, 0.1) is 11.9 Å². The van der Waals surface area contributed by atoms with Crippen LogP contribution in [0.4, 0.5) is 0 Å². The SMILES string of the molecule is c1cc(-c2cccc(-c3ccc4oc5cccnc5c4c3)c2)cc(-c2ccc3oc4cnc(-c5cccc(-c6ccc7oc8cccnc8c7c6)c5)cc4c3c2)c1. The van der Waals surface area contributed by atoms with Crippen molar-refractivity contribution in [2.75, 3.05) is 0 Å². The highest BCUT2D eigenvalue weighted by atomic mass is 16.3. The van der Waals surface area contributed by atoms with Crippen LogP contribution in [0.1, 0.15) is 0 Å². The van der Waals surface area contributed by atoms with Gasteiger partial charge in [-0.2, -0.15) is 0 Å². The highest BCUT2D eigenvalue weighted by Crippen LogP contribution is 2.38. The molecule has 6 nitrogen and oxygen atoms in total. The van der Waals surface area contributed by atoms with Crippen LogP contribution in [-0.2, 0) is 0 Å². The summed E-state index contributed by atoms with van der Waals surface area (Å²) in [5.41, 5.74) is 17.5. The molecule has 266 valence electrons. The average Bonchev–Trinajstić information content (AvgIpc) is 3.96. The van der Waals surface area contributed by atoms with Crippen LogP contribution < -0.4 is 0 Å². The molecule has 0 aliphatic carbocycles. The molecule has 6 aromatic heterocycles. The van der Waals surface area contributed by atoms with Gasteiger partial charge < -0.3 is 13.3 Å². The second-order valence-electron chi connectivity index (χ2n) is 14.4. The van der Waals surface area contributed by atoms with E-state index < -0.39 is 0 Å². The molecule has 6 aromatic carbocycles. The number of aromatic nitrogens is 3. The highest BCUT2D eigenvalue weighted by molar-refractivity contribution is 6.08. The first-order valence-electron chi connectivity index (χ1n) is 18.9. The lowest BCUT2D eigenvalue weighted by molar-refractivity contribution is 0.667. The Morgan fingerprint density at radius 2 is 0.684 bits per heavy atom. The summed E-state index contributed by atoms with van der Waals surface area (Å²) in [5.74, 6) is 0. The van der Waals surface area contributed by atoms with Crippen LogP contribution in [0.3, 0.4) is 0 Å². The smallest absolute Gasteiger partial charge is 0.153 e. The molecule has 57 heavy (non-hydrogen) atoms. The van der Waals surface area contributed by atoms with Gasteiger partial charge in [-0.3, -0.25) is 15.0 Å².